The van der Waals surface area contributed by atoms with Crippen molar-refractivity contribution in [1.82, 2.24) is 15.2 Å². The second kappa shape index (κ2) is 2.29. The Morgan fingerprint density at radius 3 is 3.00 bits per heavy atom. The fourth-order valence-corrected chi connectivity index (χ4v) is 1.55. The van der Waals surface area contributed by atoms with Gasteiger partial charge >= 0.3 is 0 Å². The highest BCUT2D eigenvalue weighted by atomic mass is 15.1. The van der Waals surface area contributed by atoms with Gasteiger partial charge in [-0.25, -0.2) is 0 Å². The van der Waals surface area contributed by atoms with Crippen LogP contribution in [0.5, 0.6) is 0 Å². The van der Waals surface area contributed by atoms with Crippen molar-refractivity contribution in [2.75, 3.05) is 0 Å². The van der Waals surface area contributed by atoms with Crippen molar-refractivity contribution in [3.05, 3.63) is 36.7 Å². The molecular weight excluding hydrogens is 162 g/mol. The van der Waals surface area contributed by atoms with Gasteiger partial charge in [0.15, 0.2) is 0 Å². The topological polar surface area (TPSA) is 41.6 Å². The Morgan fingerprint density at radius 2 is 2.00 bits per heavy atom. The van der Waals surface area contributed by atoms with E-state index < -0.39 is 0 Å². The summed E-state index contributed by atoms with van der Waals surface area (Å²) in [6.07, 6.45) is 3.60. The smallest absolute Gasteiger partial charge is 0.0958 e. The number of fused-ring (bicyclic) bond motifs is 3. The lowest BCUT2D eigenvalue weighted by Crippen LogP contribution is -1.79. The molecule has 0 aliphatic carbocycles. The summed E-state index contributed by atoms with van der Waals surface area (Å²) in [5.74, 6) is 0. The van der Waals surface area contributed by atoms with Gasteiger partial charge in [0.05, 0.1) is 17.2 Å². The second-order valence-corrected chi connectivity index (χ2v) is 2.97. The zero-order valence-electron chi connectivity index (χ0n) is 6.86. The van der Waals surface area contributed by atoms with Crippen LogP contribution in [-0.2, 0) is 0 Å². The molecule has 0 saturated carbocycles. The second-order valence-electron chi connectivity index (χ2n) is 2.97. The van der Waals surface area contributed by atoms with E-state index in [1.165, 1.54) is 0 Å². The quantitative estimate of drug-likeness (QED) is 0.560. The molecule has 0 atom stereocenters. The molecule has 13 heavy (non-hydrogen) atoms. The Labute approximate surface area is 74.4 Å². The minimum absolute atomic E-state index is 0.984. The zero-order valence-corrected chi connectivity index (χ0v) is 6.86. The van der Waals surface area contributed by atoms with Crippen LogP contribution in [0.25, 0.3) is 21.8 Å². The molecule has 2 heterocycles. The Morgan fingerprint density at radius 1 is 1.08 bits per heavy atom. The molecule has 0 spiro atoms. The van der Waals surface area contributed by atoms with Gasteiger partial charge in [-0.05, 0) is 6.07 Å². The van der Waals surface area contributed by atoms with E-state index in [1.54, 1.807) is 6.20 Å². The largest absolute Gasteiger partial charge is 0.276 e. The first-order valence-electron chi connectivity index (χ1n) is 4.12. The van der Waals surface area contributed by atoms with Crippen LogP contribution in [0.3, 0.4) is 0 Å². The number of rotatable bonds is 0. The van der Waals surface area contributed by atoms with Gasteiger partial charge in [0.25, 0.3) is 0 Å². The summed E-state index contributed by atoms with van der Waals surface area (Å²) in [6.45, 7) is 0. The van der Waals surface area contributed by atoms with Gasteiger partial charge in [-0.15, -0.1) is 0 Å². The fraction of sp³-hybridized carbons (Fsp3) is 0. The van der Waals surface area contributed by atoms with E-state index in [4.69, 9.17) is 0 Å². The standard InChI is InChI=1S/C10H7N3/c1-2-7-3-4-8-6-12-13-10(8)9(7)11-5-1/h1-6H,(H,12,13). The normalized spacial score (nSPS) is 11.1. The Kier molecular flexibility index (Phi) is 1.16. The zero-order chi connectivity index (χ0) is 8.67. The molecule has 0 aliphatic heterocycles. The number of aromatic nitrogens is 3. The number of hydrogen-bond acceptors (Lipinski definition) is 2. The number of benzene rings is 1. The van der Waals surface area contributed by atoms with E-state index >= 15 is 0 Å². The van der Waals surface area contributed by atoms with E-state index in [2.05, 4.69) is 21.2 Å². The van der Waals surface area contributed by atoms with Crippen molar-refractivity contribution in [3.8, 4) is 0 Å². The van der Waals surface area contributed by atoms with E-state index in [-0.39, 0.29) is 0 Å². The first-order valence-corrected chi connectivity index (χ1v) is 4.12. The van der Waals surface area contributed by atoms with Crippen LogP contribution < -0.4 is 0 Å². The Hall–Kier alpha value is -1.90. The van der Waals surface area contributed by atoms with Crippen molar-refractivity contribution in [3.63, 3.8) is 0 Å². The molecule has 3 rings (SSSR count). The summed E-state index contributed by atoms with van der Waals surface area (Å²) in [6, 6.07) is 8.08. The maximum atomic E-state index is 4.31. The molecule has 0 bridgehead atoms. The van der Waals surface area contributed by atoms with Crippen LogP contribution in [0.2, 0.25) is 0 Å². The molecule has 1 aromatic carbocycles. The first kappa shape index (κ1) is 6.60. The van der Waals surface area contributed by atoms with E-state index in [0.717, 1.165) is 21.8 Å². The molecule has 3 nitrogen and oxygen atoms in total. The fourth-order valence-electron chi connectivity index (χ4n) is 1.55. The number of nitrogens with one attached hydrogen (secondary N) is 1. The molecule has 1 N–H and O–H groups in total. The molecule has 0 aliphatic rings. The highest BCUT2D eigenvalue weighted by molar-refractivity contribution is 6.02. The molecule has 0 unspecified atom stereocenters. The number of nitrogens with zero attached hydrogens (tertiary/aromatic N) is 2. The maximum Gasteiger partial charge on any atom is 0.0958 e. The highest BCUT2D eigenvalue weighted by Gasteiger charge is 2.00. The minimum atomic E-state index is 0.984. The van der Waals surface area contributed by atoms with Crippen molar-refractivity contribution >= 4 is 21.8 Å². The van der Waals surface area contributed by atoms with Crippen molar-refractivity contribution in [2.24, 2.45) is 0 Å². The number of pyridine rings is 1. The van der Waals surface area contributed by atoms with Gasteiger partial charge in [-0.1, -0.05) is 18.2 Å². The van der Waals surface area contributed by atoms with Crippen molar-refractivity contribution in [1.29, 1.82) is 0 Å². The summed E-state index contributed by atoms with van der Waals surface area (Å²) in [5, 5.41) is 9.18. The van der Waals surface area contributed by atoms with Gasteiger partial charge in [-0.3, -0.25) is 10.1 Å². The highest BCUT2D eigenvalue weighted by Crippen LogP contribution is 2.20. The average Bonchev–Trinajstić information content (AvgIpc) is 2.65. The van der Waals surface area contributed by atoms with Gasteiger partial charge in [-0.2, -0.15) is 5.10 Å². The van der Waals surface area contributed by atoms with Gasteiger partial charge in [0, 0.05) is 17.0 Å². The third-order valence-corrected chi connectivity index (χ3v) is 2.19. The molecule has 62 valence electrons. The predicted octanol–water partition coefficient (Wildman–Crippen LogP) is 2.11. The van der Waals surface area contributed by atoms with Gasteiger partial charge in [0.1, 0.15) is 0 Å². The number of aromatic amines is 1. The lowest BCUT2D eigenvalue weighted by atomic mass is 10.1. The Balaban J connectivity index is 2.65. The van der Waals surface area contributed by atoms with Crippen molar-refractivity contribution in [2.45, 2.75) is 0 Å². The summed E-state index contributed by atoms with van der Waals surface area (Å²) in [7, 11) is 0. The lowest BCUT2D eigenvalue weighted by Gasteiger charge is -1.95. The third-order valence-electron chi connectivity index (χ3n) is 2.19. The van der Waals surface area contributed by atoms with Crippen LogP contribution in [0.15, 0.2) is 36.7 Å². The number of H-pyrrole nitrogens is 1. The van der Waals surface area contributed by atoms with Crippen LogP contribution in [0.1, 0.15) is 0 Å². The molecule has 3 aromatic rings. The minimum Gasteiger partial charge on any atom is -0.276 e. The Bertz CT molecular complexity index is 568. The molecule has 3 heteroatoms. The first-order chi connectivity index (χ1) is 6.45. The summed E-state index contributed by atoms with van der Waals surface area (Å²) in [4.78, 5) is 4.31. The number of hydrogen-bond donors (Lipinski definition) is 1. The van der Waals surface area contributed by atoms with E-state index in [1.807, 2.05) is 24.4 Å². The van der Waals surface area contributed by atoms with Crippen molar-refractivity contribution < 1.29 is 0 Å². The molecule has 0 fully saturated rings. The lowest BCUT2D eigenvalue weighted by molar-refractivity contribution is 1.12. The monoisotopic (exact) mass is 169 g/mol. The summed E-state index contributed by atoms with van der Waals surface area (Å²) < 4.78 is 0. The molecule has 0 saturated heterocycles. The SMILES string of the molecule is c1cnc2c(c1)ccc1cn[nH]c12. The van der Waals surface area contributed by atoms with Crippen LogP contribution in [0.4, 0.5) is 0 Å². The van der Waals surface area contributed by atoms with Crippen LogP contribution in [-0.4, -0.2) is 15.2 Å². The van der Waals surface area contributed by atoms with Gasteiger partial charge < -0.3 is 0 Å². The summed E-state index contributed by atoms with van der Waals surface area (Å²) in [5.41, 5.74) is 2.00. The van der Waals surface area contributed by atoms with Crippen LogP contribution >= 0.6 is 0 Å². The molecule has 0 amide bonds. The van der Waals surface area contributed by atoms with E-state index in [0.29, 0.717) is 0 Å². The predicted molar refractivity (Wildman–Crippen MR) is 51.4 cm³/mol. The van der Waals surface area contributed by atoms with Gasteiger partial charge in [0.2, 0.25) is 0 Å². The third kappa shape index (κ3) is 0.839. The summed E-state index contributed by atoms with van der Waals surface area (Å²) >= 11 is 0. The average molecular weight is 169 g/mol. The molecule has 2 aromatic heterocycles. The van der Waals surface area contributed by atoms with E-state index in [9.17, 15) is 0 Å². The maximum absolute atomic E-state index is 4.31. The molecular formula is C10H7N3. The molecule has 0 radical (unpaired) electrons. The van der Waals surface area contributed by atoms with Crippen LogP contribution in [0, 0.1) is 0 Å².